The zero-order valence-electron chi connectivity index (χ0n) is 18.2. The van der Waals surface area contributed by atoms with E-state index < -0.39 is 0 Å². The summed E-state index contributed by atoms with van der Waals surface area (Å²) in [6, 6.07) is 6.41. The van der Waals surface area contributed by atoms with Crippen LogP contribution < -0.4 is 5.32 Å². The van der Waals surface area contributed by atoms with E-state index in [9.17, 15) is 4.79 Å². The van der Waals surface area contributed by atoms with Gasteiger partial charge in [0.05, 0.1) is 12.1 Å². The Morgan fingerprint density at radius 3 is 2.57 bits per heavy atom. The second-order valence-electron chi connectivity index (χ2n) is 8.85. The third-order valence-corrected chi connectivity index (χ3v) is 6.49. The molecule has 2 fully saturated rings. The third-order valence-electron chi connectivity index (χ3n) is 6.49. The van der Waals surface area contributed by atoms with E-state index in [0.29, 0.717) is 18.4 Å². The molecule has 0 bridgehead atoms. The van der Waals surface area contributed by atoms with Crippen molar-refractivity contribution in [3.8, 4) is 0 Å². The molecule has 1 amide bonds. The molecule has 4 rings (SSSR count). The molecule has 0 aromatic carbocycles. The Morgan fingerprint density at radius 2 is 1.87 bits per heavy atom. The van der Waals surface area contributed by atoms with E-state index in [1.54, 1.807) is 0 Å². The van der Waals surface area contributed by atoms with Gasteiger partial charge in [0.15, 0.2) is 0 Å². The maximum Gasteiger partial charge on any atom is 0.224 e. The number of aromatic nitrogens is 3. The number of nitrogens with one attached hydrogen (secondary N) is 1. The van der Waals surface area contributed by atoms with Crippen molar-refractivity contribution in [2.24, 2.45) is 0 Å². The first-order valence-corrected chi connectivity index (χ1v) is 11.3. The van der Waals surface area contributed by atoms with Gasteiger partial charge in [-0.3, -0.25) is 14.7 Å². The van der Waals surface area contributed by atoms with E-state index in [-0.39, 0.29) is 5.91 Å². The van der Waals surface area contributed by atoms with Gasteiger partial charge >= 0.3 is 0 Å². The third kappa shape index (κ3) is 5.22. The van der Waals surface area contributed by atoms with Crippen molar-refractivity contribution >= 4 is 5.91 Å². The molecule has 30 heavy (non-hydrogen) atoms. The van der Waals surface area contributed by atoms with E-state index in [0.717, 1.165) is 67.4 Å². The SMILES string of the molecule is Cc1nc(C2CCN(Cc3ccccn3)C2)nc(C)c1CC(=O)NC1CCCCC1. The number of aryl methyl sites for hydroxylation is 2. The molecule has 1 N–H and O–H groups in total. The quantitative estimate of drug-likeness (QED) is 0.794. The molecule has 6 nitrogen and oxygen atoms in total. The molecule has 1 aliphatic heterocycles. The molecular weight excluding hydrogens is 374 g/mol. The topological polar surface area (TPSA) is 71.0 Å². The molecule has 2 aliphatic rings. The lowest BCUT2D eigenvalue weighted by atomic mass is 9.95. The fourth-order valence-electron chi connectivity index (χ4n) is 4.80. The van der Waals surface area contributed by atoms with Crippen LogP contribution in [0.2, 0.25) is 0 Å². The Kier molecular flexibility index (Phi) is 6.72. The standard InChI is InChI=1S/C24H33N5O/c1-17-22(14-23(30)28-20-8-4-3-5-9-20)18(2)27-24(26-17)19-11-13-29(15-19)16-21-10-6-7-12-25-21/h6-7,10,12,19-20H,3-5,8-9,11,13-16H2,1-2H3,(H,28,30). The van der Waals surface area contributed by atoms with Crippen molar-refractivity contribution in [3.05, 3.63) is 52.9 Å². The minimum Gasteiger partial charge on any atom is -0.353 e. The number of amides is 1. The summed E-state index contributed by atoms with van der Waals surface area (Å²) in [4.78, 5) is 29.1. The Bertz CT molecular complexity index is 840. The van der Waals surface area contributed by atoms with Crippen LogP contribution in [0.4, 0.5) is 0 Å². The number of nitrogens with zero attached hydrogens (tertiary/aromatic N) is 4. The second-order valence-corrected chi connectivity index (χ2v) is 8.85. The summed E-state index contributed by atoms with van der Waals surface area (Å²) in [6.45, 7) is 6.89. The normalized spacial score (nSPS) is 20.4. The molecule has 6 heteroatoms. The Morgan fingerprint density at radius 1 is 1.10 bits per heavy atom. The van der Waals surface area contributed by atoms with E-state index in [2.05, 4.69) is 21.3 Å². The van der Waals surface area contributed by atoms with Crippen molar-refractivity contribution in [1.82, 2.24) is 25.2 Å². The van der Waals surface area contributed by atoms with Crippen LogP contribution in [0.15, 0.2) is 24.4 Å². The Labute approximate surface area is 179 Å². The number of rotatable bonds is 6. The van der Waals surface area contributed by atoms with Gasteiger partial charge in [0.2, 0.25) is 5.91 Å². The maximum absolute atomic E-state index is 12.6. The minimum absolute atomic E-state index is 0.104. The highest BCUT2D eigenvalue weighted by molar-refractivity contribution is 5.79. The number of likely N-dealkylation sites (tertiary alicyclic amines) is 1. The summed E-state index contributed by atoms with van der Waals surface area (Å²) < 4.78 is 0. The van der Waals surface area contributed by atoms with Gasteiger partial charge in [-0.1, -0.05) is 25.3 Å². The van der Waals surface area contributed by atoms with Crippen molar-refractivity contribution in [2.75, 3.05) is 13.1 Å². The van der Waals surface area contributed by atoms with Gasteiger partial charge in [0.25, 0.3) is 0 Å². The number of hydrogen-bond donors (Lipinski definition) is 1. The fourth-order valence-corrected chi connectivity index (χ4v) is 4.80. The smallest absolute Gasteiger partial charge is 0.224 e. The summed E-state index contributed by atoms with van der Waals surface area (Å²) in [7, 11) is 0. The van der Waals surface area contributed by atoms with Gasteiger partial charge in [0.1, 0.15) is 5.82 Å². The summed E-state index contributed by atoms with van der Waals surface area (Å²) in [5.74, 6) is 1.37. The van der Waals surface area contributed by atoms with Gasteiger partial charge in [0, 0.05) is 48.2 Å². The van der Waals surface area contributed by atoms with Gasteiger partial charge in [-0.05, 0) is 51.8 Å². The molecule has 160 valence electrons. The predicted molar refractivity (Wildman–Crippen MR) is 117 cm³/mol. The largest absolute Gasteiger partial charge is 0.353 e. The van der Waals surface area contributed by atoms with Gasteiger partial charge in [-0.25, -0.2) is 9.97 Å². The molecule has 2 aromatic heterocycles. The number of carbonyl (C=O) groups is 1. The van der Waals surface area contributed by atoms with Crippen LogP contribution in [0.25, 0.3) is 0 Å². The molecule has 1 saturated heterocycles. The average molecular weight is 408 g/mol. The molecule has 2 aromatic rings. The van der Waals surface area contributed by atoms with E-state index in [1.165, 1.54) is 19.3 Å². The van der Waals surface area contributed by atoms with E-state index >= 15 is 0 Å². The Balaban J connectivity index is 1.37. The molecule has 1 aliphatic carbocycles. The number of hydrogen-bond acceptors (Lipinski definition) is 5. The lowest BCUT2D eigenvalue weighted by Gasteiger charge is -2.23. The van der Waals surface area contributed by atoms with Crippen LogP contribution in [0.5, 0.6) is 0 Å². The van der Waals surface area contributed by atoms with Crippen molar-refractivity contribution < 1.29 is 4.79 Å². The lowest BCUT2D eigenvalue weighted by Crippen LogP contribution is -2.37. The zero-order valence-corrected chi connectivity index (χ0v) is 18.2. The molecule has 0 spiro atoms. The first-order chi connectivity index (χ1) is 14.6. The molecule has 1 saturated carbocycles. The molecular formula is C24H33N5O. The first-order valence-electron chi connectivity index (χ1n) is 11.3. The van der Waals surface area contributed by atoms with Crippen LogP contribution in [0, 0.1) is 13.8 Å². The molecule has 1 atom stereocenters. The van der Waals surface area contributed by atoms with Crippen LogP contribution in [-0.2, 0) is 17.8 Å². The highest BCUT2D eigenvalue weighted by Gasteiger charge is 2.27. The van der Waals surface area contributed by atoms with Crippen LogP contribution in [-0.4, -0.2) is 44.9 Å². The van der Waals surface area contributed by atoms with E-state index in [4.69, 9.17) is 9.97 Å². The summed E-state index contributed by atoms with van der Waals surface area (Å²) in [5, 5.41) is 3.21. The Hall–Kier alpha value is -2.34. The summed E-state index contributed by atoms with van der Waals surface area (Å²) in [5.41, 5.74) is 3.97. The van der Waals surface area contributed by atoms with Gasteiger partial charge < -0.3 is 5.32 Å². The fraction of sp³-hybridized carbons (Fsp3) is 0.583. The monoisotopic (exact) mass is 407 g/mol. The number of pyridine rings is 1. The van der Waals surface area contributed by atoms with Crippen molar-refractivity contribution in [2.45, 2.75) is 77.3 Å². The number of carbonyl (C=O) groups excluding carboxylic acids is 1. The summed E-state index contributed by atoms with van der Waals surface area (Å²) in [6.07, 6.45) is 9.24. The zero-order chi connectivity index (χ0) is 20.9. The van der Waals surface area contributed by atoms with Crippen LogP contribution >= 0.6 is 0 Å². The maximum atomic E-state index is 12.6. The molecule has 1 unspecified atom stereocenters. The van der Waals surface area contributed by atoms with Crippen molar-refractivity contribution in [1.29, 1.82) is 0 Å². The summed E-state index contributed by atoms with van der Waals surface area (Å²) >= 11 is 0. The average Bonchev–Trinajstić information content (AvgIpc) is 3.20. The lowest BCUT2D eigenvalue weighted by molar-refractivity contribution is -0.121. The van der Waals surface area contributed by atoms with Gasteiger partial charge in [-0.15, -0.1) is 0 Å². The highest BCUT2D eigenvalue weighted by Crippen LogP contribution is 2.27. The van der Waals surface area contributed by atoms with Crippen LogP contribution in [0.1, 0.15) is 72.9 Å². The van der Waals surface area contributed by atoms with Gasteiger partial charge in [-0.2, -0.15) is 0 Å². The molecule has 0 radical (unpaired) electrons. The predicted octanol–water partition coefficient (Wildman–Crippen LogP) is 3.47. The van der Waals surface area contributed by atoms with Crippen LogP contribution in [0.3, 0.4) is 0 Å². The minimum atomic E-state index is 0.104. The van der Waals surface area contributed by atoms with Crippen molar-refractivity contribution in [3.63, 3.8) is 0 Å². The molecule has 3 heterocycles. The first kappa shape index (κ1) is 20.9. The van der Waals surface area contributed by atoms with E-state index in [1.807, 2.05) is 32.2 Å². The second kappa shape index (κ2) is 9.65. The highest BCUT2D eigenvalue weighted by atomic mass is 16.1.